The minimum atomic E-state index is -2.53. The maximum absolute atomic E-state index is 11.7. The van der Waals surface area contributed by atoms with Gasteiger partial charge in [-0.25, -0.2) is 4.67 Å². The van der Waals surface area contributed by atoms with Gasteiger partial charge in [0, 0.05) is 13.2 Å². The van der Waals surface area contributed by atoms with E-state index in [0.717, 1.165) is 13.0 Å². The average molecular weight is 251 g/mol. The fourth-order valence-corrected chi connectivity index (χ4v) is 1.95. The lowest BCUT2D eigenvalue weighted by Gasteiger charge is -2.23. The highest BCUT2D eigenvalue weighted by Crippen LogP contribution is 2.45. The molecule has 0 saturated heterocycles. The number of hydrogen-bond acceptors (Lipinski definition) is 2. The predicted molar refractivity (Wildman–Crippen MR) is 75.3 cm³/mol. The normalized spacial score (nSPS) is 12.8. The summed E-state index contributed by atoms with van der Waals surface area (Å²) in [6.07, 6.45) is 2.64. The molecular formula is C12H30NO2P. The molecule has 0 aliphatic rings. The van der Waals surface area contributed by atoms with Crippen LogP contribution in [0.15, 0.2) is 12.7 Å². The minimum Gasteiger partial charge on any atom is -0.318 e. The van der Waals surface area contributed by atoms with Crippen LogP contribution in [0.4, 0.5) is 0 Å². The number of rotatable bonds is 6. The Kier molecular flexibility index (Phi) is 19.7. The molecule has 1 unspecified atom stereocenters. The molecule has 0 aliphatic heterocycles. The van der Waals surface area contributed by atoms with Crippen molar-refractivity contribution < 1.29 is 9.09 Å². The molecule has 3 nitrogen and oxygen atoms in total. The Balaban J connectivity index is -0.000000376. The molecule has 0 aromatic rings. The summed E-state index contributed by atoms with van der Waals surface area (Å²) >= 11 is 0. The minimum absolute atomic E-state index is 0.492. The molecule has 0 N–H and O–H groups in total. The highest BCUT2D eigenvalue weighted by molar-refractivity contribution is 7.55. The van der Waals surface area contributed by atoms with Crippen molar-refractivity contribution in [2.45, 2.75) is 41.0 Å². The SMILES string of the molecule is C=CCCN(C)P(C)(=O)OCC.CC.CC. The van der Waals surface area contributed by atoms with Gasteiger partial charge in [0.1, 0.15) is 0 Å². The van der Waals surface area contributed by atoms with Crippen molar-refractivity contribution in [2.24, 2.45) is 0 Å². The van der Waals surface area contributed by atoms with E-state index in [-0.39, 0.29) is 0 Å². The van der Waals surface area contributed by atoms with Crippen LogP contribution in [-0.4, -0.2) is 31.5 Å². The van der Waals surface area contributed by atoms with Crippen molar-refractivity contribution in [2.75, 3.05) is 26.9 Å². The first-order valence-corrected chi connectivity index (χ1v) is 8.11. The van der Waals surface area contributed by atoms with E-state index in [2.05, 4.69) is 6.58 Å². The Morgan fingerprint density at radius 2 is 1.75 bits per heavy atom. The van der Waals surface area contributed by atoms with Gasteiger partial charge in [0.25, 0.3) is 7.52 Å². The summed E-state index contributed by atoms with van der Waals surface area (Å²) < 4.78 is 18.6. The fourth-order valence-electron chi connectivity index (χ4n) is 0.798. The van der Waals surface area contributed by atoms with Crippen LogP contribution in [-0.2, 0) is 9.09 Å². The van der Waals surface area contributed by atoms with E-state index in [1.54, 1.807) is 18.4 Å². The van der Waals surface area contributed by atoms with E-state index in [1.807, 2.05) is 40.7 Å². The maximum atomic E-state index is 11.7. The van der Waals surface area contributed by atoms with Crippen LogP contribution in [0, 0.1) is 0 Å². The monoisotopic (exact) mass is 251 g/mol. The van der Waals surface area contributed by atoms with Gasteiger partial charge < -0.3 is 4.52 Å². The summed E-state index contributed by atoms with van der Waals surface area (Å²) in [7, 11) is -0.722. The largest absolute Gasteiger partial charge is 0.318 e. The summed E-state index contributed by atoms with van der Waals surface area (Å²) in [5, 5.41) is 0. The third-order valence-electron chi connectivity index (χ3n) is 1.65. The second-order valence-electron chi connectivity index (χ2n) is 2.68. The predicted octanol–water partition coefficient (Wildman–Crippen LogP) is 4.41. The lowest BCUT2D eigenvalue weighted by molar-refractivity contribution is 0.291. The second kappa shape index (κ2) is 14.9. The van der Waals surface area contributed by atoms with Gasteiger partial charge in [0.2, 0.25) is 0 Å². The molecule has 0 aliphatic carbocycles. The molecule has 1 atom stereocenters. The maximum Gasteiger partial charge on any atom is 0.269 e. The number of nitrogens with zero attached hydrogens (tertiary/aromatic N) is 1. The van der Waals surface area contributed by atoms with E-state index >= 15 is 0 Å². The number of hydrogen-bond donors (Lipinski definition) is 0. The quantitative estimate of drug-likeness (QED) is 0.517. The third kappa shape index (κ3) is 12.0. The average Bonchev–Trinajstić information content (AvgIpc) is 2.31. The van der Waals surface area contributed by atoms with E-state index in [1.165, 1.54) is 0 Å². The Hall–Kier alpha value is -0.110. The van der Waals surface area contributed by atoms with Gasteiger partial charge in [-0.3, -0.25) is 4.57 Å². The summed E-state index contributed by atoms with van der Waals surface area (Å²) in [4.78, 5) is 0. The first-order chi connectivity index (χ1) is 7.54. The lowest BCUT2D eigenvalue weighted by atomic mass is 10.4. The zero-order chi connectivity index (χ0) is 13.6. The van der Waals surface area contributed by atoms with Crippen molar-refractivity contribution in [3.05, 3.63) is 12.7 Å². The molecule has 0 aromatic heterocycles. The van der Waals surface area contributed by atoms with Crippen molar-refractivity contribution in [3.8, 4) is 0 Å². The van der Waals surface area contributed by atoms with Crippen LogP contribution in [0.3, 0.4) is 0 Å². The van der Waals surface area contributed by atoms with Gasteiger partial charge in [-0.15, -0.1) is 6.58 Å². The van der Waals surface area contributed by atoms with Crippen molar-refractivity contribution in [3.63, 3.8) is 0 Å². The lowest BCUT2D eigenvalue weighted by Crippen LogP contribution is -2.16. The molecule has 100 valence electrons. The molecule has 0 amide bonds. The topological polar surface area (TPSA) is 29.5 Å². The highest BCUT2D eigenvalue weighted by Gasteiger charge is 2.20. The van der Waals surface area contributed by atoms with Crippen LogP contribution in [0.5, 0.6) is 0 Å². The molecule has 0 aromatic carbocycles. The fraction of sp³-hybridized carbons (Fsp3) is 0.833. The highest BCUT2D eigenvalue weighted by atomic mass is 31.2. The Labute approximate surface area is 102 Å². The van der Waals surface area contributed by atoms with Crippen LogP contribution < -0.4 is 0 Å². The van der Waals surface area contributed by atoms with Crippen molar-refractivity contribution in [1.82, 2.24) is 4.67 Å². The summed E-state index contributed by atoms with van der Waals surface area (Å²) in [5.41, 5.74) is 0. The van der Waals surface area contributed by atoms with E-state index in [4.69, 9.17) is 4.52 Å². The van der Waals surface area contributed by atoms with Gasteiger partial charge in [-0.1, -0.05) is 33.8 Å². The Bertz CT molecular complexity index is 184. The van der Waals surface area contributed by atoms with Gasteiger partial charge >= 0.3 is 0 Å². The molecule has 0 spiro atoms. The summed E-state index contributed by atoms with van der Waals surface area (Å²) in [5.74, 6) is 0. The van der Waals surface area contributed by atoms with Crippen LogP contribution in [0.2, 0.25) is 0 Å². The molecule has 0 heterocycles. The third-order valence-corrected chi connectivity index (χ3v) is 3.82. The Morgan fingerprint density at radius 3 is 2.06 bits per heavy atom. The van der Waals surface area contributed by atoms with Gasteiger partial charge in [0.15, 0.2) is 0 Å². The molecular weight excluding hydrogens is 221 g/mol. The molecule has 0 bridgehead atoms. The first kappa shape index (κ1) is 21.2. The van der Waals surface area contributed by atoms with Crippen LogP contribution in [0.1, 0.15) is 41.0 Å². The molecule has 0 fully saturated rings. The van der Waals surface area contributed by atoms with Crippen LogP contribution >= 0.6 is 7.52 Å². The van der Waals surface area contributed by atoms with Crippen molar-refractivity contribution >= 4 is 7.52 Å². The van der Waals surface area contributed by atoms with E-state index < -0.39 is 7.52 Å². The molecule has 0 rings (SSSR count). The second-order valence-corrected chi connectivity index (χ2v) is 5.23. The summed E-state index contributed by atoms with van der Waals surface area (Å²) in [6.45, 7) is 16.3. The van der Waals surface area contributed by atoms with Crippen LogP contribution in [0.25, 0.3) is 0 Å². The summed E-state index contributed by atoms with van der Waals surface area (Å²) in [6, 6.07) is 0. The zero-order valence-electron chi connectivity index (χ0n) is 12.1. The smallest absolute Gasteiger partial charge is 0.269 e. The molecule has 4 heteroatoms. The molecule has 16 heavy (non-hydrogen) atoms. The van der Waals surface area contributed by atoms with E-state index in [0.29, 0.717) is 6.61 Å². The van der Waals surface area contributed by atoms with E-state index in [9.17, 15) is 4.57 Å². The van der Waals surface area contributed by atoms with Crippen molar-refractivity contribution in [1.29, 1.82) is 0 Å². The van der Waals surface area contributed by atoms with Gasteiger partial charge in [0.05, 0.1) is 6.61 Å². The standard InChI is InChI=1S/C8H18NO2P.2C2H6/c1-5-7-8-9(3)12(4,10)11-6-2;2*1-2/h5H,1,6-8H2,2-4H3;2*1-2H3. The zero-order valence-corrected chi connectivity index (χ0v) is 13.0. The van der Waals surface area contributed by atoms with Gasteiger partial charge in [-0.05, 0) is 20.4 Å². The van der Waals surface area contributed by atoms with Gasteiger partial charge in [-0.2, -0.15) is 0 Å². The first-order valence-electron chi connectivity index (χ1n) is 6.09. The molecule has 0 saturated carbocycles. The Morgan fingerprint density at radius 1 is 1.31 bits per heavy atom. The molecule has 0 radical (unpaired) electrons.